The SMILES string of the molecule is Cc1ccccc1-c1cc(CC2(C(=O)NCc3nccn3C)CCOCC2)on1. The predicted molar refractivity (Wildman–Crippen MR) is 108 cm³/mol. The molecule has 3 heterocycles. The lowest BCUT2D eigenvalue weighted by molar-refractivity contribution is -0.137. The van der Waals surface area contributed by atoms with Crippen molar-refractivity contribution in [3.05, 3.63) is 59.9 Å². The van der Waals surface area contributed by atoms with Gasteiger partial charge in [-0.1, -0.05) is 29.4 Å². The first kappa shape index (κ1) is 19.4. The van der Waals surface area contributed by atoms with Gasteiger partial charge < -0.3 is 19.1 Å². The van der Waals surface area contributed by atoms with Gasteiger partial charge in [0.2, 0.25) is 5.91 Å². The average molecular weight is 394 g/mol. The van der Waals surface area contributed by atoms with E-state index in [1.807, 2.05) is 42.1 Å². The van der Waals surface area contributed by atoms with Crippen LogP contribution in [0.1, 0.15) is 30.0 Å². The number of aromatic nitrogens is 3. The van der Waals surface area contributed by atoms with Crippen molar-refractivity contribution in [2.24, 2.45) is 12.5 Å². The molecule has 2 aromatic heterocycles. The van der Waals surface area contributed by atoms with Gasteiger partial charge in [0.15, 0.2) is 0 Å². The van der Waals surface area contributed by atoms with Crippen LogP contribution in [0.2, 0.25) is 0 Å². The van der Waals surface area contributed by atoms with Crippen molar-refractivity contribution in [2.45, 2.75) is 32.7 Å². The van der Waals surface area contributed by atoms with E-state index in [4.69, 9.17) is 9.26 Å². The highest BCUT2D eigenvalue weighted by molar-refractivity contribution is 5.83. The van der Waals surface area contributed by atoms with Gasteiger partial charge >= 0.3 is 0 Å². The van der Waals surface area contributed by atoms with Gasteiger partial charge in [0.05, 0.1) is 12.0 Å². The zero-order valence-electron chi connectivity index (χ0n) is 16.9. The molecule has 1 aliphatic rings. The molecule has 152 valence electrons. The van der Waals surface area contributed by atoms with Crippen LogP contribution in [0.15, 0.2) is 47.2 Å². The van der Waals surface area contributed by atoms with E-state index in [0.717, 1.165) is 28.4 Å². The number of hydrogen-bond acceptors (Lipinski definition) is 5. The van der Waals surface area contributed by atoms with E-state index < -0.39 is 5.41 Å². The molecule has 1 aliphatic heterocycles. The number of nitrogens with zero attached hydrogens (tertiary/aromatic N) is 3. The molecule has 3 aromatic rings. The van der Waals surface area contributed by atoms with Crippen LogP contribution >= 0.6 is 0 Å². The van der Waals surface area contributed by atoms with Crippen LogP contribution in [0.4, 0.5) is 0 Å². The number of amides is 1. The van der Waals surface area contributed by atoms with Gasteiger partial charge in [0.25, 0.3) is 0 Å². The van der Waals surface area contributed by atoms with Crippen molar-refractivity contribution >= 4 is 5.91 Å². The van der Waals surface area contributed by atoms with E-state index in [0.29, 0.717) is 39.0 Å². The Labute approximate surface area is 170 Å². The number of ether oxygens (including phenoxy) is 1. The Morgan fingerprint density at radius 1 is 1.28 bits per heavy atom. The van der Waals surface area contributed by atoms with Crippen molar-refractivity contribution in [2.75, 3.05) is 13.2 Å². The van der Waals surface area contributed by atoms with Crippen LogP contribution in [0, 0.1) is 12.3 Å². The summed E-state index contributed by atoms with van der Waals surface area (Å²) in [4.78, 5) is 17.5. The summed E-state index contributed by atoms with van der Waals surface area (Å²) in [7, 11) is 1.92. The van der Waals surface area contributed by atoms with E-state index in [2.05, 4.69) is 28.4 Å². The standard InChI is InChI=1S/C22H26N4O3/c1-16-5-3-4-6-18(16)19-13-17(29-25-19)14-22(7-11-28-12-8-22)21(27)24-15-20-23-9-10-26(20)2/h3-6,9-10,13H,7-8,11-12,14-15H2,1-2H3,(H,24,27). The van der Waals surface area contributed by atoms with Crippen molar-refractivity contribution < 1.29 is 14.1 Å². The number of benzene rings is 1. The second-order valence-electron chi connectivity index (χ2n) is 7.70. The van der Waals surface area contributed by atoms with E-state index >= 15 is 0 Å². The zero-order chi connectivity index (χ0) is 20.3. The third-order valence-electron chi connectivity index (χ3n) is 5.75. The highest BCUT2D eigenvalue weighted by atomic mass is 16.5. The third kappa shape index (κ3) is 4.10. The lowest BCUT2D eigenvalue weighted by atomic mass is 9.75. The number of carbonyl (C=O) groups is 1. The maximum Gasteiger partial charge on any atom is 0.227 e. The van der Waals surface area contributed by atoms with E-state index in [1.165, 1.54) is 0 Å². The van der Waals surface area contributed by atoms with Crippen molar-refractivity contribution in [3.8, 4) is 11.3 Å². The monoisotopic (exact) mass is 394 g/mol. The third-order valence-corrected chi connectivity index (χ3v) is 5.75. The molecular formula is C22H26N4O3. The summed E-state index contributed by atoms with van der Waals surface area (Å²) in [6, 6.07) is 10.0. The lowest BCUT2D eigenvalue weighted by Crippen LogP contribution is -2.46. The fraction of sp³-hybridized carbons (Fsp3) is 0.409. The first-order valence-electron chi connectivity index (χ1n) is 9.91. The summed E-state index contributed by atoms with van der Waals surface area (Å²) < 4.78 is 13.1. The number of carbonyl (C=O) groups excluding carboxylic acids is 1. The molecule has 0 radical (unpaired) electrons. The Morgan fingerprint density at radius 3 is 2.79 bits per heavy atom. The molecule has 29 heavy (non-hydrogen) atoms. The molecule has 0 atom stereocenters. The second kappa shape index (κ2) is 8.21. The number of imidazole rings is 1. The molecule has 1 fully saturated rings. The van der Waals surface area contributed by atoms with Crippen molar-refractivity contribution in [1.82, 2.24) is 20.0 Å². The van der Waals surface area contributed by atoms with Gasteiger partial charge in [0.1, 0.15) is 17.3 Å². The minimum atomic E-state index is -0.564. The molecule has 1 saturated heterocycles. The molecular weight excluding hydrogens is 368 g/mol. The Hall–Kier alpha value is -2.93. The smallest absolute Gasteiger partial charge is 0.227 e. The maximum atomic E-state index is 13.2. The molecule has 1 aromatic carbocycles. The predicted octanol–water partition coefficient (Wildman–Crippen LogP) is 3.04. The summed E-state index contributed by atoms with van der Waals surface area (Å²) >= 11 is 0. The van der Waals surface area contributed by atoms with Crippen LogP contribution in [0.25, 0.3) is 11.3 Å². The number of rotatable bonds is 6. The second-order valence-corrected chi connectivity index (χ2v) is 7.70. The van der Waals surface area contributed by atoms with Gasteiger partial charge in [-0.15, -0.1) is 0 Å². The highest BCUT2D eigenvalue weighted by Gasteiger charge is 2.41. The fourth-order valence-electron chi connectivity index (χ4n) is 3.88. The molecule has 0 saturated carbocycles. The first-order valence-corrected chi connectivity index (χ1v) is 9.91. The minimum absolute atomic E-state index is 0.0117. The first-order chi connectivity index (χ1) is 14.1. The summed E-state index contributed by atoms with van der Waals surface area (Å²) in [5.74, 6) is 1.55. The Morgan fingerprint density at radius 2 is 2.07 bits per heavy atom. The molecule has 0 aliphatic carbocycles. The molecule has 0 spiro atoms. The average Bonchev–Trinajstić information content (AvgIpc) is 3.36. The number of hydrogen-bond donors (Lipinski definition) is 1. The summed E-state index contributed by atoms with van der Waals surface area (Å²) in [5.41, 5.74) is 2.42. The van der Waals surface area contributed by atoms with E-state index in [-0.39, 0.29) is 5.91 Å². The van der Waals surface area contributed by atoms with Gasteiger partial charge in [-0.05, 0) is 25.3 Å². The quantitative estimate of drug-likeness (QED) is 0.695. The number of nitrogens with one attached hydrogen (secondary N) is 1. The maximum absolute atomic E-state index is 13.2. The van der Waals surface area contributed by atoms with Gasteiger partial charge in [-0.2, -0.15) is 0 Å². The summed E-state index contributed by atoms with van der Waals surface area (Å²) in [5, 5.41) is 7.31. The van der Waals surface area contributed by atoms with E-state index in [1.54, 1.807) is 6.20 Å². The molecule has 7 nitrogen and oxygen atoms in total. The minimum Gasteiger partial charge on any atom is -0.381 e. The van der Waals surface area contributed by atoms with E-state index in [9.17, 15) is 4.79 Å². The van der Waals surface area contributed by atoms with Crippen molar-refractivity contribution in [1.29, 1.82) is 0 Å². The van der Waals surface area contributed by atoms with Gasteiger partial charge in [0, 0.05) is 50.7 Å². The van der Waals surface area contributed by atoms with Gasteiger partial charge in [-0.25, -0.2) is 4.98 Å². The Kier molecular flexibility index (Phi) is 5.49. The molecule has 7 heteroatoms. The highest BCUT2D eigenvalue weighted by Crippen LogP contribution is 2.36. The normalized spacial score (nSPS) is 15.9. The van der Waals surface area contributed by atoms with Gasteiger partial charge in [-0.3, -0.25) is 4.79 Å². The van der Waals surface area contributed by atoms with Crippen LogP contribution in [0.3, 0.4) is 0 Å². The van der Waals surface area contributed by atoms with Crippen LogP contribution in [-0.2, 0) is 29.5 Å². The van der Waals surface area contributed by atoms with Crippen LogP contribution < -0.4 is 5.32 Å². The molecule has 0 unspecified atom stereocenters. The van der Waals surface area contributed by atoms with Crippen LogP contribution in [-0.4, -0.2) is 33.8 Å². The molecule has 4 rings (SSSR count). The lowest BCUT2D eigenvalue weighted by Gasteiger charge is -2.35. The number of aryl methyl sites for hydroxylation is 2. The summed E-state index contributed by atoms with van der Waals surface area (Å²) in [6.07, 6.45) is 5.40. The molecule has 0 bridgehead atoms. The molecule has 1 amide bonds. The topological polar surface area (TPSA) is 82.2 Å². The Balaban J connectivity index is 1.52. The largest absolute Gasteiger partial charge is 0.381 e. The molecule has 1 N–H and O–H groups in total. The summed E-state index contributed by atoms with van der Waals surface area (Å²) in [6.45, 7) is 3.58. The van der Waals surface area contributed by atoms with Crippen LogP contribution in [0.5, 0.6) is 0 Å². The zero-order valence-corrected chi connectivity index (χ0v) is 16.9. The Bertz CT molecular complexity index is 985. The fourth-order valence-corrected chi connectivity index (χ4v) is 3.88. The van der Waals surface area contributed by atoms with Crippen molar-refractivity contribution in [3.63, 3.8) is 0 Å².